The van der Waals surface area contributed by atoms with Crippen molar-refractivity contribution in [1.29, 1.82) is 0 Å². The minimum absolute atomic E-state index is 0.0322. The summed E-state index contributed by atoms with van der Waals surface area (Å²) >= 11 is 0. The predicted octanol–water partition coefficient (Wildman–Crippen LogP) is 4.19. The van der Waals surface area contributed by atoms with Gasteiger partial charge in [0.1, 0.15) is 5.75 Å². The molecule has 2 heterocycles. The number of ether oxygens (including phenoxy) is 1. The highest BCUT2D eigenvalue weighted by Gasteiger charge is 2.32. The molecule has 2 amide bonds. The molecular weight excluding hydrogens is 342 g/mol. The summed E-state index contributed by atoms with van der Waals surface area (Å²) in [7, 11) is 1.66. The van der Waals surface area contributed by atoms with Gasteiger partial charge in [0.15, 0.2) is 5.76 Å². The number of fused-ring (bicyclic) bond motifs is 1. The third kappa shape index (κ3) is 3.60. The summed E-state index contributed by atoms with van der Waals surface area (Å²) in [5, 5.41) is 9.22. The van der Waals surface area contributed by atoms with Crippen LogP contribution in [0.25, 0.3) is 10.8 Å². The molecule has 2 aromatic carbocycles. The highest BCUT2D eigenvalue weighted by atomic mass is 16.5. The van der Waals surface area contributed by atoms with Crippen molar-refractivity contribution >= 4 is 16.8 Å². The number of rotatable bonds is 4. The number of amides is 2. The highest BCUT2D eigenvalue weighted by molar-refractivity contribution is 5.84. The van der Waals surface area contributed by atoms with Gasteiger partial charge in [0.25, 0.3) is 0 Å². The fourth-order valence-corrected chi connectivity index (χ4v) is 3.64. The molecule has 0 unspecified atom stereocenters. The lowest BCUT2D eigenvalue weighted by atomic mass is 10.1. The maximum atomic E-state index is 12.7. The lowest BCUT2D eigenvalue weighted by Crippen LogP contribution is -2.39. The van der Waals surface area contributed by atoms with Crippen LogP contribution in [-0.2, 0) is 6.54 Å². The van der Waals surface area contributed by atoms with Gasteiger partial charge < -0.3 is 19.5 Å². The predicted molar refractivity (Wildman–Crippen MR) is 103 cm³/mol. The van der Waals surface area contributed by atoms with E-state index in [1.54, 1.807) is 7.11 Å². The molecule has 1 fully saturated rings. The first-order chi connectivity index (χ1) is 13.1. The van der Waals surface area contributed by atoms with Crippen molar-refractivity contribution in [3.8, 4) is 5.75 Å². The number of aromatic nitrogens is 1. The number of benzene rings is 2. The van der Waals surface area contributed by atoms with Crippen molar-refractivity contribution in [2.45, 2.75) is 32.4 Å². The zero-order valence-corrected chi connectivity index (χ0v) is 15.6. The van der Waals surface area contributed by atoms with Crippen molar-refractivity contribution in [2.75, 3.05) is 13.7 Å². The molecule has 0 saturated carbocycles. The van der Waals surface area contributed by atoms with Crippen LogP contribution in [0.3, 0.4) is 0 Å². The molecule has 3 aromatic rings. The number of likely N-dealkylation sites (tertiary alicyclic amines) is 1. The third-order valence-corrected chi connectivity index (χ3v) is 5.04. The Balaban J connectivity index is 1.43. The van der Waals surface area contributed by atoms with Gasteiger partial charge in [0.05, 0.1) is 18.8 Å². The molecule has 27 heavy (non-hydrogen) atoms. The number of methoxy groups -OCH3 is 1. The monoisotopic (exact) mass is 365 g/mol. The molecule has 1 aliphatic rings. The molecule has 6 nitrogen and oxygen atoms in total. The molecule has 1 N–H and O–H groups in total. The first kappa shape index (κ1) is 17.4. The SMILES string of the molecule is COc1ccc2cc(CNC(=O)N3CCC[C@@H]3c3cc(C)no3)ccc2c1. The number of carbonyl (C=O) groups excluding carboxylic acids is 1. The number of nitrogens with one attached hydrogen (secondary N) is 1. The van der Waals surface area contributed by atoms with Gasteiger partial charge in [0, 0.05) is 19.2 Å². The van der Waals surface area contributed by atoms with Crippen LogP contribution < -0.4 is 10.1 Å². The van der Waals surface area contributed by atoms with Crippen LogP contribution in [0.1, 0.15) is 35.9 Å². The van der Waals surface area contributed by atoms with E-state index in [4.69, 9.17) is 9.26 Å². The van der Waals surface area contributed by atoms with Gasteiger partial charge in [-0.1, -0.05) is 23.4 Å². The third-order valence-electron chi connectivity index (χ3n) is 5.04. The Hall–Kier alpha value is -3.02. The normalized spacial score (nSPS) is 16.7. The smallest absolute Gasteiger partial charge is 0.318 e. The zero-order chi connectivity index (χ0) is 18.8. The Morgan fingerprint density at radius 1 is 1.26 bits per heavy atom. The number of aryl methyl sites for hydroxylation is 1. The van der Waals surface area contributed by atoms with E-state index in [0.717, 1.165) is 52.9 Å². The van der Waals surface area contributed by atoms with Crippen LogP contribution in [0.15, 0.2) is 47.0 Å². The number of hydrogen-bond acceptors (Lipinski definition) is 4. The number of carbonyl (C=O) groups is 1. The average molecular weight is 365 g/mol. The summed E-state index contributed by atoms with van der Waals surface area (Å²) < 4.78 is 10.6. The van der Waals surface area contributed by atoms with Crippen molar-refractivity contribution < 1.29 is 14.1 Å². The molecule has 1 atom stereocenters. The second-order valence-corrected chi connectivity index (χ2v) is 6.93. The van der Waals surface area contributed by atoms with E-state index in [9.17, 15) is 4.79 Å². The van der Waals surface area contributed by atoms with Crippen LogP contribution in [0, 0.1) is 6.92 Å². The summed E-state index contributed by atoms with van der Waals surface area (Å²) in [4.78, 5) is 14.5. The number of nitrogens with zero attached hydrogens (tertiary/aromatic N) is 2. The van der Waals surface area contributed by atoms with Crippen LogP contribution in [0.2, 0.25) is 0 Å². The zero-order valence-electron chi connectivity index (χ0n) is 15.6. The van der Waals surface area contributed by atoms with Gasteiger partial charge in [-0.3, -0.25) is 0 Å². The van der Waals surface area contributed by atoms with E-state index in [1.165, 1.54) is 0 Å². The molecule has 0 aliphatic carbocycles. The Kier molecular flexibility index (Phi) is 4.71. The van der Waals surface area contributed by atoms with Crippen LogP contribution >= 0.6 is 0 Å². The molecule has 1 saturated heterocycles. The molecular formula is C21H23N3O3. The minimum Gasteiger partial charge on any atom is -0.497 e. The first-order valence-corrected chi connectivity index (χ1v) is 9.18. The first-order valence-electron chi connectivity index (χ1n) is 9.18. The van der Waals surface area contributed by atoms with Crippen LogP contribution in [0.5, 0.6) is 5.75 Å². The van der Waals surface area contributed by atoms with E-state index in [-0.39, 0.29) is 12.1 Å². The molecule has 1 aliphatic heterocycles. The lowest BCUT2D eigenvalue weighted by molar-refractivity contribution is 0.182. The average Bonchev–Trinajstić information content (AvgIpc) is 3.34. The lowest BCUT2D eigenvalue weighted by Gasteiger charge is -2.23. The summed E-state index contributed by atoms with van der Waals surface area (Å²) in [6.45, 7) is 3.11. The molecule has 0 spiro atoms. The minimum atomic E-state index is -0.0682. The van der Waals surface area contributed by atoms with E-state index >= 15 is 0 Å². The topological polar surface area (TPSA) is 67.6 Å². The second-order valence-electron chi connectivity index (χ2n) is 6.93. The molecule has 0 bridgehead atoms. The summed E-state index contributed by atoms with van der Waals surface area (Å²) in [5.74, 6) is 1.60. The summed E-state index contributed by atoms with van der Waals surface area (Å²) in [6.07, 6.45) is 1.87. The Morgan fingerprint density at radius 2 is 2.07 bits per heavy atom. The molecule has 0 radical (unpaired) electrons. The maximum Gasteiger partial charge on any atom is 0.318 e. The standard InChI is InChI=1S/C21H23N3O3/c1-14-10-20(27-23-14)19-4-3-9-24(19)21(25)22-13-15-5-6-17-12-18(26-2)8-7-16(17)11-15/h5-8,10-12,19H,3-4,9,13H2,1-2H3,(H,22,25)/t19-/m1/s1. The summed E-state index contributed by atoms with van der Waals surface area (Å²) in [6, 6.07) is 14.0. The molecule has 6 heteroatoms. The van der Waals surface area contributed by atoms with Crippen molar-refractivity contribution in [2.24, 2.45) is 0 Å². The Labute approximate surface area is 158 Å². The molecule has 4 rings (SSSR count). The number of urea groups is 1. The van der Waals surface area contributed by atoms with Crippen molar-refractivity contribution in [3.05, 3.63) is 59.5 Å². The van der Waals surface area contributed by atoms with Crippen molar-refractivity contribution in [1.82, 2.24) is 15.4 Å². The van der Waals surface area contributed by atoms with E-state index < -0.39 is 0 Å². The fraction of sp³-hybridized carbons (Fsp3) is 0.333. The van der Waals surface area contributed by atoms with Gasteiger partial charge in [0.2, 0.25) is 0 Å². The van der Waals surface area contributed by atoms with E-state index in [2.05, 4.69) is 22.6 Å². The van der Waals surface area contributed by atoms with Gasteiger partial charge in [-0.05, 0) is 54.3 Å². The quantitative estimate of drug-likeness (QED) is 0.753. The van der Waals surface area contributed by atoms with Gasteiger partial charge >= 0.3 is 6.03 Å². The fourth-order valence-electron chi connectivity index (χ4n) is 3.64. The van der Waals surface area contributed by atoms with Gasteiger partial charge in [-0.2, -0.15) is 0 Å². The van der Waals surface area contributed by atoms with Gasteiger partial charge in [-0.15, -0.1) is 0 Å². The summed E-state index contributed by atoms with van der Waals surface area (Å²) in [5.41, 5.74) is 1.90. The van der Waals surface area contributed by atoms with Crippen LogP contribution in [0.4, 0.5) is 4.79 Å². The second kappa shape index (κ2) is 7.31. The Morgan fingerprint density at radius 3 is 2.85 bits per heavy atom. The Bertz CT molecular complexity index is 966. The highest BCUT2D eigenvalue weighted by Crippen LogP contribution is 2.32. The maximum absolute atomic E-state index is 12.7. The van der Waals surface area contributed by atoms with Crippen LogP contribution in [-0.4, -0.2) is 29.7 Å². The largest absolute Gasteiger partial charge is 0.497 e. The van der Waals surface area contributed by atoms with Gasteiger partial charge in [-0.25, -0.2) is 4.79 Å². The van der Waals surface area contributed by atoms with E-state index in [0.29, 0.717) is 6.54 Å². The number of hydrogen-bond donors (Lipinski definition) is 1. The molecule has 140 valence electrons. The van der Waals surface area contributed by atoms with E-state index in [1.807, 2.05) is 42.2 Å². The molecule has 1 aromatic heterocycles. The van der Waals surface area contributed by atoms with Crippen molar-refractivity contribution in [3.63, 3.8) is 0 Å².